The first-order valence-electron chi connectivity index (χ1n) is 5.43. The molecule has 0 fully saturated rings. The molecular weight excluding hydrogens is 228 g/mol. The summed E-state index contributed by atoms with van der Waals surface area (Å²) in [5.74, 6) is -1.52. The average molecular weight is 243 g/mol. The smallest absolute Gasteiger partial charge is 0.319 e. The van der Waals surface area contributed by atoms with Gasteiger partial charge in [0, 0.05) is 6.07 Å². The van der Waals surface area contributed by atoms with Crippen molar-refractivity contribution in [1.82, 2.24) is 5.32 Å². The number of hydrogen-bond acceptors (Lipinski definition) is 3. The number of ether oxygens (including phenoxy) is 1. The highest BCUT2D eigenvalue weighted by atomic mass is 19.1. The van der Waals surface area contributed by atoms with Gasteiger partial charge in [0.2, 0.25) is 0 Å². The van der Waals surface area contributed by atoms with Crippen molar-refractivity contribution in [3.8, 4) is 0 Å². The minimum atomic E-state index is -0.592. The molecule has 0 saturated heterocycles. The van der Waals surface area contributed by atoms with Gasteiger partial charge in [-0.05, 0) is 37.6 Å². The molecule has 0 unspecified atom stereocenters. The van der Waals surface area contributed by atoms with Gasteiger partial charge in [0.05, 0.1) is 13.2 Å². The minimum absolute atomic E-state index is 0.103. The van der Waals surface area contributed by atoms with E-state index in [2.05, 4.69) is 5.32 Å². The van der Waals surface area contributed by atoms with E-state index in [1.165, 1.54) is 12.1 Å². The van der Waals surface area contributed by atoms with Crippen LogP contribution in [0.25, 0.3) is 0 Å². The maximum atomic E-state index is 12.8. The maximum absolute atomic E-state index is 12.8. The first-order valence-corrected chi connectivity index (χ1v) is 5.43. The van der Waals surface area contributed by atoms with Gasteiger partial charge >= 0.3 is 5.97 Å². The topological polar surface area (TPSA) is 38.3 Å². The van der Waals surface area contributed by atoms with Crippen LogP contribution in [0.1, 0.15) is 12.5 Å². The summed E-state index contributed by atoms with van der Waals surface area (Å²) in [6, 6.07) is 3.37. The number of benzene rings is 1. The third-order valence-corrected chi connectivity index (χ3v) is 2.09. The molecule has 0 bridgehead atoms. The number of carbonyl (C=O) groups excluding carboxylic acids is 1. The zero-order valence-electron chi connectivity index (χ0n) is 9.63. The van der Waals surface area contributed by atoms with Crippen molar-refractivity contribution in [1.29, 1.82) is 0 Å². The first kappa shape index (κ1) is 13.6. The Morgan fingerprint density at radius 2 is 1.94 bits per heavy atom. The van der Waals surface area contributed by atoms with Crippen molar-refractivity contribution >= 4 is 5.97 Å². The fraction of sp³-hybridized carbons (Fsp3) is 0.417. The highest BCUT2D eigenvalue weighted by Crippen LogP contribution is 2.07. The Hall–Kier alpha value is -1.49. The van der Waals surface area contributed by atoms with E-state index in [1.807, 2.05) is 0 Å². The molecule has 0 saturated carbocycles. The summed E-state index contributed by atoms with van der Waals surface area (Å²) >= 11 is 0. The van der Waals surface area contributed by atoms with Crippen LogP contribution in [0.15, 0.2) is 18.2 Å². The van der Waals surface area contributed by atoms with E-state index in [-0.39, 0.29) is 12.5 Å². The minimum Gasteiger partial charge on any atom is -0.465 e. The van der Waals surface area contributed by atoms with E-state index >= 15 is 0 Å². The normalized spacial score (nSPS) is 10.3. The number of carbonyl (C=O) groups is 1. The van der Waals surface area contributed by atoms with Crippen molar-refractivity contribution < 1.29 is 18.3 Å². The predicted molar refractivity (Wildman–Crippen MR) is 59.6 cm³/mol. The third kappa shape index (κ3) is 5.40. The predicted octanol–water partition coefficient (Wildman–Crippen LogP) is 1.66. The lowest BCUT2D eigenvalue weighted by atomic mass is 10.1. The van der Waals surface area contributed by atoms with Gasteiger partial charge in [-0.15, -0.1) is 0 Å². The maximum Gasteiger partial charge on any atom is 0.319 e. The molecule has 0 spiro atoms. The van der Waals surface area contributed by atoms with E-state index in [0.717, 1.165) is 6.07 Å². The Labute approximate surface area is 98.8 Å². The number of esters is 1. The zero-order chi connectivity index (χ0) is 12.7. The van der Waals surface area contributed by atoms with Crippen LogP contribution in [0.4, 0.5) is 8.78 Å². The first-order chi connectivity index (χ1) is 8.11. The standard InChI is InChI=1S/C12H15F2NO2/c1-2-17-12(16)8-15-4-3-9-5-10(13)7-11(14)6-9/h5-7,15H,2-4,8H2,1H3. The number of halogens is 2. The van der Waals surface area contributed by atoms with Gasteiger partial charge in [0.15, 0.2) is 0 Å². The Bertz CT molecular complexity index is 363. The molecule has 0 aliphatic rings. The van der Waals surface area contributed by atoms with Crippen LogP contribution in [-0.4, -0.2) is 25.7 Å². The largest absolute Gasteiger partial charge is 0.465 e. The van der Waals surface area contributed by atoms with Gasteiger partial charge < -0.3 is 10.1 Å². The Morgan fingerprint density at radius 3 is 2.53 bits per heavy atom. The number of rotatable bonds is 6. The van der Waals surface area contributed by atoms with Crippen LogP contribution in [0.3, 0.4) is 0 Å². The molecule has 1 rings (SSSR count). The Balaban J connectivity index is 2.28. The van der Waals surface area contributed by atoms with Crippen molar-refractivity contribution in [3.05, 3.63) is 35.4 Å². The van der Waals surface area contributed by atoms with Gasteiger partial charge in [-0.25, -0.2) is 8.78 Å². The Kier molecular flexibility index (Phi) is 5.56. The summed E-state index contributed by atoms with van der Waals surface area (Å²) in [7, 11) is 0. The summed E-state index contributed by atoms with van der Waals surface area (Å²) in [5.41, 5.74) is 0.554. The van der Waals surface area contributed by atoms with Crippen molar-refractivity contribution in [3.63, 3.8) is 0 Å². The van der Waals surface area contributed by atoms with Crippen LogP contribution in [-0.2, 0) is 16.0 Å². The second kappa shape index (κ2) is 6.96. The second-order valence-electron chi connectivity index (χ2n) is 3.51. The second-order valence-corrected chi connectivity index (χ2v) is 3.51. The van der Waals surface area contributed by atoms with Gasteiger partial charge in [-0.3, -0.25) is 4.79 Å². The van der Waals surface area contributed by atoms with Crippen LogP contribution in [0.5, 0.6) is 0 Å². The van der Waals surface area contributed by atoms with E-state index < -0.39 is 11.6 Å². The third-order valence-electron chi connectivity index (χ3n) is 2.09. The highest BCUT2D eigenvalue weighted by Gasteiger charge is 2.02. The lowest BCUT2D eigenvalue weighted by Crippen LogP contribution is -2.26. The summed E-state index contributed by atoms with van der Waals surface area (Å²) in [6.07, 6.45) is 0.452. The molecule has 0 aromatic heterocycles. The zero-order valence-corrected chi connectivity index (χ0v) is 9.63. The molecule has 0 atom stereocenters. The van der Waals surface area contributed by atoms with Crippen molar-refractivity contribution in [2.75, 3.05) is 19.7 Å². The number of nitrogens with one attached hydrogen (secondary N) is 1. The summed E-state index contributed by atoms with van der Waals surface area (Å²) < 4.78 is 30.4. The molecule has 1 N–H and O–H groups in total. The van der Waals surface area contributed by atoms with Crippen LogP contribution in [0, 0.1) is 11.6 Å². The molecule has 1 aromatic carbocycles. The summed E-state index contributed by atoms with van der Waals surface area (Å²) in [4.78, 5) is 11.0. The molecule has 5 heteroatoms. The van der Waals surface area contributed by atoms with Gasteiger partial charge in [-0.1, -0.05) is 0 Å². The molecule has 0 amide bonds. The molecule has 3 nitrogen and oxygen atoms in total. The Morgan fingerprint density at radius 1 is 1.29 bits per heavy atom. The fourth-order valence-corrected chi connectivity index (χ4v) is 1.39. The van der Waals surface area contributed by atoms with Crippen LogP contribution < -0.4 is 5.32 Å². The molecule has 0 aliphatic carbocycles. The number of hydrogen-bond donors (Lipinski definition) is 1. The molecule has 0 radical (unpaired) electrons. The molecule has 94 valence electrons. The molecule has 1 aromatic rings. The summed E-state index contributed by atoms with van der Waals surface area (Å²) in [5, 5.41) is 2.84. The molecule has 0 aliphatic heterocycles. The van der Waals surface area contributed by atoms with E-state index in [9.17, 15) is 13.6 Å². The van der Waals surface area contributed by atoms with Crippen LogP contribution >= 0.6 is 0 Å². The van der Waals surface area contributed by atoms with Gasteiger partial charge in [0.25, 0.3) is 0 Å². The van der Waals surface area contributed by atoms with E-state index in [4.69, 9.17) is 4.74 Å². The van der Waals surface area contributed by atoms with E-state index in [0.29, 0.717) is 25.1 Å². The average Bonchev–Trinajstić information content (AvgIpc) is 2.23. The molecule has 17 heavy (non-hydrogen) atoms. The van der Waals surface area contributed by atoms with Crippen LogP contribution in [0.2, 0.25) is 0 Å². The lowest BCUT2D eigenvalue weighted by molar-refractivity contribution is -0.141. The molecule has 0 heterocycles. The highest BCUT2D eigenvalue weighted by molar-refractivity contribution is 5.71. The fourth-order valence-electron chi connectivity index (χ4n) is 1.39. The van der Waals surface area contributed by atoms with Gasteiger partial charge in [-0.2, -0.15) is 0 Å². The van der Waals surface area contributed by atoms with Gasteiger partial charge in [0.1, 0.15) is 11.6 Å². The SMILES string of the molecule is CCOC(=O)CNCCc1cc(F)cc(F)c1. The van der Waals surface area contributed by atoms with Crippen molar-refractivity contribution in [2.24, 2.45) is 0 Å². The monoisotopic (exact) mass is 243 g/mol. The molecular formula is C12H15F2NO2. The quantitative estimate of drug-likeness (QED) is 0.610. The van der Waals surface area contributed by atoms with E-state index in [1.54, 1.807) is 6.92 Å². The summed E-state index contributed by atoms with van der Waals surface area (Å²) in [6.45, 7) is 2.64. The van der Waals surface area contributed by atoms with Crippen molar-refractivity contribution in [2.45, 2.75) is 13.3 Å². The lowest BCUT2D eigenvalue weighted by Gasteiger charge is -2.05.